The van der Waals surface area contributed by atoms with Crippen molar-refractivity contribution in [3.63, 3.8) is 0 Å². The second kappa shape index (κ2) is 10.0. The summed E-state index contributed by atoms with van der Waals surface area (Å²) in [6.07, 6.45) is 4.41. The minimum Gasteiger partial charge on any atom is -0.444 e. The topological polar surface area (TPSA) is 99.9 Å². The fraction of sp³-hybridized carbons (Fsp3) is 0.714. The van der Waals surface area contributed by atoms with Gasteiger partial charge in [-0.05, 0) is 20.8 Å². The first-order valence-corrected chi connectivity index (χ1v) is 6.61. The first-order valence-electron chi connectivity index (χ1n) is 6.61. The van der Waals surface area contributed by atoms with Crippen LogP contribution in [0.4, 0.5) is 4.79 Å². The molecule has 1 unspecified atom stereocenters. The van der Waals surface area contributed by atoms with Crippen LogP contribution in [0.25, 0.3) is 0 Å². The van der Waals surface area contributed by atoms with Gasteiger partial charge in [0.2, 0.25) is 5.91 Å². The van der Waals surface area contributed by atoms with E-state index in [4.69, 9.17) is 26.4 Å². The fourth-order valence-electron chi connectivity index (χ4n) is 1.24. The molecule has 0 bridgehead atoms. The van der Waals surface area contributed by atoms with Gasteiger partial charge in [0.15, 0.2) is 0 Å². The standard InChI is InChI=1S/C14H24N2O5/c1-5-6-19-7-8-20-10-11(12(15)17)9-16-13(18)21-14(2,3)4/h1,11H,6-10H2,2-4H3,(H2,15,17)(H,16,18). The van der Waals surface area contributed by atoms with Crippen LogP contribution in [0.5, 0.6) is 0 Å². The zero-order chi connectivity index (χ0) is 16.3. The molecular formula is C14H24N2O5. The molecule has 0 saturated carbocycles. The third-order valence-corrected chi connectivity index (χ3v) is 2.17. The van der Waals surface area contributed by atoms with Crippen LogP contribution in [-0.2, 0) is 19.0 Å². The lowest BCUT2D eigenvalue weighted by molar-refractivity contribution is -0.123. The average Bonchev–Trinajstić information content (AvgIpc) is 2.34. The number of nitrogens with two attached hydrogens (primary N) is 1. The van der Waals surface area contributed by atoms with Gasteiger partial charge in [-0.2, -0.15) is 0 Å². The van der Waals surface area contributed by atoms with Crippen molar-refractivity contribution in [2.45, 2.75) is 26.4 Å². The molecule has 2 amide bonds. The van der Waals surface area contributed by atoms with Crippen LogP contribution >= 0.6 is 0 Å². The molecule has 0 fully saturated rings. The molecule has 3 N–H and O–H groups in total. The van der Waals surface area contributed by atoms with Gasteiger partial charge in [-0.25, -0.2) is 4.79 Å². The maximum Gasteiger partial charge on any atom is 0.407 e. The number of hydrogen-bond acceptors (Lipinski definition) is 5. The quantitative estimate of drug-likeness (QED) is 0.470. The largest absolute Gasteiger partial charge is 0.444 e. The van der Waals surface area contributed by atoms with Gasteiger partial charge in [-0.1, -0.05) is 5.92 Å². The Bertz CT molecular complexity index is 371. The van der Waals surface area contributed by atoms with Crippen molar-refractivity contribution in [1.29, 1.82) is 0 Å². The van der Waals surface area contributed by atoms with Crippen molar-refractivity contribution >= 4 is 12.0 Å². The van der Waals surface area contributed by atoms with E-state index in [1.807, 2.05) is 0 Å². The SMILES string of the molecule is C#CCOCCOCC(CNC(=O)OC(C)(C)C)C(N)=O. The number of carbonyl (C=O) groups excluding carboxylic acids is 2. The summed E-state index contributed by atoms with van der Waals surface area (Å²) in [5, 5.41) is 2.48. The van der Waals surface area contributed by atoms with Crippen LogP contribution in [0.2, 0.25) is 0 Å². The molecule has 0 aliphatic rings. The molecule has 0 heterocycles. The van der Waals surface area contributed by atoms with Gasteiger partial charge in [0.25, 0.3) is 0 Å². The summed E-state index contributed by atoms with van der Waals surface area (Å²) >= 11 is 0. The molecule has 120 valence electrons. The van der Waals surface area contributed by atoms with Crippen molar-refractivity contribution in [3.8, 4) is 12.3 Å². The van der Waals surface area contributed by atoms with Crippen LogP contribution < -0.4 is 11.1 Å². The molecule has 21 heavy (non-hydrogen) atoms. The Labute approximate surface area is 125 Å². The molecule has 0 aliphatic carbocycles. The van der Waals surface area contributed by atoms with Gasteiger partial charge in [0.05, 0.1) is 25.7 Å². The first-order chi connectivity index (χ1) is 9.76. The second-order valence-electron chi connectivity index (χ2n) is 5.31. The molecule has 7 nitrogen and oxygen atoms in total. The zero-order valence-corrected chi connectivity index (χ0v) is 12.8. The van der Waals surface area contributed by atoms with Gasteiger partial charge in [-0.3, -0.25) is 4.79 Å². The predicted molar refractivity (Wildman–Crippen MR) is 77.4 cm³/mol. The first kappa shape index (κ1) is 19.2. The van der Waals surface area contributed by atoms with Crippen LogP contribution in [0.15, 0.2) is 0 Å². The number of hydrogen-bond donors (Lipinski definition) is 2. The highest BCUT2D eigenvalue weighted by Crippen LogP contribution is 2.06. The molecule has 0 aromatic carbocycles. The van der Waals surface area contributed by atoms with Crippen LogP contribution in [-0.4, -0.2) is 50.6 Å². The molecule has 1 atom stereocenters. The number of terminal acetylenes is 1. The van der Waals surface area contributed by atoms with Crippen LogP contribution in [0.1, 0.15) is 20.8 Å². The van der Waals surface area contributed by atoms with E-state index >= 15 is 0 Å². The Kier molecular flexibility index (Phi) is 9.17. The lowest BCUT2D eigenvalue weighted by Gasteiger charge is -2.21. The molecule has 0 saturated heterocycles. The summed E-state index contributed by atoms with van der Waals surface area (Å²) in [5.41, 5.74) is 4.64. The smallest absolute Gasteiger partial charge is 0.407 e. The fourth-order valence-corrected chi connectivity index (χ4v) is 1.24. The number of ether oxygens (including phenoxy) is 3. The summed E-state index contributed by atoms with van der Waals surface area (Å²) in [7, 11) is 0. The van der Waals surface area contributed by atoms with E-state index in [0.29, 0.717) is 6.61 Å². The molecule has 0 spiro atoms. The normalized spacial score (nSPS) is 12.3. The third-order valence-electron chi connectivity index (χ3n) is 2.17. The van der Waals surface area contributed by atoms with E-state index in [1.54, 1.807) is 20.8 Å². The zero-order valence-electron chi connectivity index (χ0n) is 12.8. The number of rotatable bonds is 9. The van der Waals surface area contributed by atoms with E-state index < -0.39 is 23.5 Å². The van der Waals surface area contributed by atoms with E-state index in [2.05, 4.69) is 11.2 Å². The van der Waals surface area contributed by atoms with Gasteiger partial charge in [0.1, 0.15) is 12.2 Å². The van der Waals surface area contributed by atoms with Gasteiger partial charge >= 0.3 is 6.09 Å². The Morgan fingerprint density at radius 2 is 1.90 bits per heavy atom. The van der Waals surface area contributed by atoms with Crippen molar-refractivity contribution in [2.24, 2.45) is 11.7 Å². The highest BCUT2D eigenvalue weighted by molar-refractivity contribution is 5.78. The van der Waals surface area contributed by atoms with Gasteiger partial charge in [-0.15, -0.1) is 6.42 Å². The summed E-state index contributed by atoms with van der Waals surface area (Å²) in [5.74, 6) is 1.13. The van der Waals surface area contributed by atoms with E-state index in [1.165, 1.54) is 0 Å². The maximum atomic E-state index is 11.5. The summed E-state index contributed by atoms with van der Waals surface area (Å²) < 4.78 is 15.3. The Balaban J connectivity index is 3.95. The number of primary amides is 1. The van der Waals surface area contributed by atoms with Crippen molar-refractivity contribution < 1.29 is 23.8 Å². The Morgan fingerprint density at radius 1 is 1.29 bits per heavy atom. The average molecular weight is 300 g/mol. The molecule has 0 radical (unpaired) electrons. The lowest BCUT2D eigenvalue weighted by atomic mass is 10.1. The van der Waals surface area contributed by atoms with Crippen molar-refractivity contribution in [3.05, 3.63) is 0 Å². The number of nitrogens with one attached hydrogen (secondary N) is 1. The summed E-state index contributed by atoms with van der Waals surface area (Å²) in [6, 6.07) is 0. The maximum absolute atomic E-state index is 11.5. The van der Waals surface area contributed by atoms with Crippen LogP contribution in [0.3, 0.4) is 0 Å². The minimum atomic E-state index is -0.634. The molecule has 0 aromatic heterocycles. The highest BCUT2D eigenvalue weighted by atomic mass is 16.6. The Morgan fingerprint density at radius 3 is 2.43 bits per heavy atom. The van der Waals surface area contributed by atoms with Gasteiger partial charge in [0, 0.05) is 6.54 Å². The lowest BCUT2D eigenvalue weighted by Crippen LogP contribution is -2.40. The van der Waals surface area contributed by atoms with Crippen molar-refractivity contribution in [2.75, 3.05) is 33.0 Å². The Hall–Kier alpha value is -1.78. The summed E-state index contributed by atoms with van der Waals surface area (Å²) in [6.45, 7) is 6.21. The van der Waals surface area contributed by atoms with Gasteiger partial charge < -0.3 is 25.3 Å². The molecule has 0 aliphatic heterocycles. The highest BCUT2D eigenvalue weighted by Gasteiger charge is 2.20. The minimum absolute atomic E-state index is 0.0511. The van der Waals surface area contributed by atoms with Crippen LogP contribution in [0, 0.1) is 18.3 Å². The number of amides is 2. The van der Waals surface area contributed by atoms with E-state index in [9.17, 15) is 9.59 Å². The molecular weight excluding hydrogens is 276 g/mol. The molecule has 0 aromatic rings. The molecule has 7 heteroatoms. The third kappa shape index (κ3) is 11.7. The number of carbonyl (C=O) groups is 2. The molecule has 0 rings (SSSR count). The second-order valence-corrected chi connectivity index (χ2v) is 5.31. The van der Waals surface area contributed by atoms with E-state index in [-0.39, 0.29) is 26.4 Å². The van der Waals surface area contributed by atoms with E-state index in [0.717, 1.165) is 0 Å². The monoisotopic (exact) mass is 300 g/mol. The van der Waals surface area contributed by atoms with Crippen molar-refractivity contribution in [1.82, 2.24) is 5.32 Å². The predicted octanol–water partition coefficient (Wildman–Crippen LogP) is 0.279. The summed E-state index contributed by atoms with van der Waals surface area (Å²) in [4.78, 5) is 22.7. The number of alkyl carbamates (subject to hydrolysis) is 1.